The second kappa shape index (κ2) is 3.95. The van der Waals surface area contributed by atoms with E-state index < -0.39 is 0 Å². The number of pyridine rings is 1. The molecular formula is C17H13N2+. The minimum absolute atomic E-state index is 1.18. The number of para-hydroxylation sites is 2. The summed E-state index contributed by atoms with van der Waals surface area (Å²) in [6.07, 6.45) is 4.14. The number of benzene rings is 2. The molecule has 0 spiro atoms. The Morgan fingerprint density at radius 3 is 2.37 bits per heavy atom. The molecule has 0 unspecified atom stereocenters. The Hall–Kier alpha value is -2.61. The molecule has 0 amide bonds. The summed E-state index contributed by atoms with van der Waals surface area (Å²) in [5.41, 5.74) is 3.54. The molecule has 2 heterocycles. The predicted molar refractivity (Wildman–Crippen MR) is 77.3 cm³/mol. The third-order valence-corrected chi connectivity index (χ3v) is 3.51. The summed E-state index contributed by atoms with van der Waals surface area (Å²) in [6, 6.07) is 21.0. The highest BCUT2D eigenvalue weighted by molar-refractivity contribution is 6.09. The van der Waals surface area contributed by atoms with Crippen LogP contribution in [0.4, 0.5) is 0 Å². The zero-order valence-corrected chi connectivity index (χ0v) is 10.4. The molecule has 1 N–H and O–H groups in total. The van der Waals surface area contributed by atoms with Crippen LogP contribution in [0, 0.1) is 0 Å². The predicted octanol–water partition coefficient (Wildman–Crippen LogP) is 3.60. The number of H-pyrrole nitrogens is 1. The number of nitrogens with zero attached hydrogens (tertiary/aromatic N) is 1. The first-order valence-corrected chi connectivity index (χ1v) is 6.39. The summed E-state index contributed by atoms with van der Waals surface area (Å²) in [4.78, 5) is 3.52. The van der Waals surface area contributed by atoms with Crippen molar-refractivity contribution in [1.82, 2.24) is 4.98 Å². The van der Waals surface area contributed by atoms with Crippen molar-refractivity contribution in [3.63, 3.8) is 0 Å². The first kappa shape index (κ1) is 10.3. The molecule has 2 nitrogen and oxygen atoms in total. The molecule has 0 saturated heterocycles. The quantitative estimate of drug-likeness (QED) is 0.494. The fourth-order valence-corrected chi connectivity index (χ4v) is 2.63. The van der Waals surface area contributed by atoms with Gasteiger partial charge in [-0.25, -0.2) is 0 Å². The van der Waals surface area contributed by atoms with E-state index in [-0.39, 0.29) is 0 Å². The Morgan fingerprint density at radius 1 is 0.684 bits per heavy atom. The molecule has 0 aliphatic rings. The monoisotopic (exact) mass is 245 g/mol. The molecule has 2 aromatic heterocycles. The molecule has 2 heteroatoms. The summed E-state index contributed by atoms with van der Waals surface area (Å²) in [7, 11) is 0. The molecule has 0 fully saturated rings. The van der Waals surface area contributed by atoms with Crippen LogP contribution in [0.1, 0.15) is 0 Å². The van der Waals surface area contributed by atoms with Crippen molar-refractivity contribution in [2.45, 2.75) is 0 Å². The van der Waals surface area contributed by atoms with Crippen LogP contribution in [0.3, 0.4) is 0 Å². The number of hydrogen-bond donors (Lipinski definition) is 1. The third-order valence-electron chi connectivity index (χ3n) is 3.51. The van der Waals surface area contributed by atoms with Crippen molar-refractivity contribution in [2.75, 3.05) is 0 Å². The molecule has 0 radical (unpaired) electrons. The van der Waals surface area contributed by atoms with E-state index in [1.807, 2.05) is 18.2 Å². The molecule has 19 heavy (non-hydrogen) atoms. The van der Waals surface area contributed by atoms with Crippen LogP contribution < -0.4 is 4.57 Å². The number of hydrogen-bond acceptors (Lipinski definition) is 0. The van der Waals surface area contributed by atoms with Gasteiger partial charge in [0, 0.05) is 34.5 Å². The van der Waals surface area contributed by atoms with Crippen LogP contribution in [0.5, 0.6) is 0 Å². The number of aromatic amines is 1. The van der Waals surface area contributed by atoms with Crippen molar-refractivity contribution in [1.29, 1.82) is 0 Å². The van der Waals surface area contributed by atoms with Gasteiger partial charge in [-0.2, -0.15) is 4.57 Å². The van der Waals surface area contributed by atoms with Gasteiger partial charge in [-0.05, 0) is 6.07 Å². The molecule has 0 saturated carbocycles. The Morgan fingerprint density at radius 2 is 1.47 bits per heavy atom. The van der Waals surface area contributed by atoms with Gasteiger partial charge in [0.05, 0.1) is 0 Å². The molecule has 4 rings (SSSR count). The van der Waals surface area contributed by atoms with E-state index in [4.69, 9.17) is 0 Å². The van der Waals surface area contributed by atoms with Crippen LogP contribution in [0.25, 0.3) is 27.5 Å². The van der Waals surface area contributed by atoms with Gasteiger partial charge in [-0.3, -0.25) is 0 Å². The number of aromatic nitrogens is 2. The first-order valence-electron chi connectivity index (χ1n) is 6.39. The highest BCUT2D eigenvalue weighted by atomic mass is 15.0. The Balaban J connectivity index is 2.13. The minimum Gasteiger partial charge on any atom is -0.349 e. The van der Waals surface area contributed by atoms with Gasteiger partial charge < -0.3 is 4.98 Å². The number of nitrogens with one attached hydrogen (secondary N) is 1. The van der Waals surface area contributed by atoms with E-state index in [0.717, 1.165) is 0 Å². The van der Waals surface area contributed by atoms with Gasteiger partial charge in [0.1, 0.15) is 5.52 Å². The zero-order valence-electron chi connectivity index (χ0n) is 10.4. The van der Waals surface area contributed by atoms with E-state index >= 15 is 0 Å². The molecule has 4 aromatic rings. The maximum absolute atomic E-state index is 3.52. The smallest absolute Gasteiger partial charge is 0.234 e. The van der Waals surface area contributed by atoms with Crippen LogP contribution >= 0.6 is 0 Å². The van der Waals surface area contributed by atoms with Crippen LogP contribution in [0.2, 0.25) is 0 Å². The van der Waals surface area contributed by atoms with Crippen molar-refractivity contribution in [2.24, 2.45) is 0 Å². The molecule has 2 aromatic carbocycles. The summed E-state index contributed by atoms with van der Waals surface area (Å²) in [5.74, 6) is 0. The number of rotatable bonds is 1. The van der Waals surface area contributed by atoms with Gasteiger partial charge in [-0.1, -0.05) is 36.4 Å². The summed E-state index contributed by atoms with van der Waals surface area (Å²) < 4.78 is 2.14. The summed E-state index contributed by atoms with van der Waals surface area (Å²) >= 11 is 0. The van der Waals surface area contributed by atoms with E-state index in [0.29, 0.717) is 0 Å². The maximum Gasteiger partial charge on any atom is 0.234 e. The second-order valence-corrected chi connectivity index (χ2v) is 4.65. The van der Waals surface area contributed by atoms with Crippen molar-refractivity contribution in [3.05, 3.63) is 73.1 Å². The highest BCUT2D eigenvalue weighted by Gasteiger charge is 2.13. The minimum atomic E-state index is 1.18. The molecular weight excluding hydrogens is 232 g/mol. The zero-order chi connectivity index (χ0) is 12.7. The molecule has 0 aliphatic heterocycles. The van der Waals surface area contributed by atoms with Gasteiger partial charge >= 0.3 is 0 Å². The fourth-order valence-electron chi connectivity index (χ4n) is 2.63. The lowest BCUT2D eigenvalue weighted by atomic mass is 10.1. The SMILES string of the molecule is c1cc[n+](-c2cccc3c2[nH]c2ccccc23)cc1. The molecule has 0 aliphatic carbocycles. The third kappa shape index (κ3) is 1.54. The first-order chi connectivity index (χ1) is 9.43. The van der Waals surface area contributed by atoms with Crippen LogP contribution in [-0.2, 0) is 0 Å². The second-order valence-electron chi connectivity index (χ2n) is 4.65. The van der Waals surface area contributed by atoms with Crippen LogP contribution in [-0.4, -0.2) is 4.98 Å². The Kier molecular flexibility index (Phi) is 2.15. The molecule has 0 atom stereocenters. The lowest BCUT2D eigenvalue weighted by Crippen LogP contribution is -2.29. The molecule has 90 valence electrons. The van der Waals surface area contributed by atoms with E-state index in [1.165, 1.54) is 27.5 Å². The average molecular weight is 245 g/mol. The van der Waals surface area contributed by atoms with Gasteiger partial charge in [0.25, 0.3) is 0 Å². The Labute approximate surface area is 110 Å². The maximum atomic E-state index is 3.52. The van der Waals surface area contributed by atoms with E-state index in [2.05, 4.69) is 64.4 Å². The fraction of sp³-hybridized carbons (Fsp3) is 0. The summed E-state index contributed by atoms with van der Waals surface area (Å²) in [6.45, 7) is 0. The molecule has 0 bridgehead atoms. The Bertz CT molecular complexity index is 860. The highest BCUT2D eigenvalue weighted by Crippen LogP contribution is 2.27. The van der Waals surface area contributed by atoms with E-state index in [1.54, 1.807) is 0 Å². The topological polar surface area (TPSA) is 19.7 Å². The van der Waals surface area contributed by atoms with Gasteiger partial charge in [-0.15, -0.1) is 0 Å². The summed E-state index contributed by atoms with van der Waals surface area (Å²) in [5, 5.41) is 2.54. The van der Waals surface area contributed by atoms with Crippen molar-refractivity contribution < 1.29 is 4.57 Å². The number of fused-ring (bicyclic) bond motifs is 3. The lowest BCUT2D eigenvalue weighted by Gasteiger charge is -1.97. The normalized spacial score (nSPS) is 11.2. The van der Waals surface area contributed by atoms with Crippen LogP contribution in [0.15, 0.2) is 73.1 Å². The van der Waals surface area contributed by atoms with Gasteiger partial charge in [0.15, 0.2) is 12.4 Å². The van der Waals surface area contributed by atoms with Crippen molar-refractivity contribution in [3.8, 4) is 5.69 Å². The van der Waals surface area contributed by atoms with Gasteiger partial charge in [0.2, 0.25) is 5.69 Å². The largest absolute Gasteiger partial charge is 0.349 e. The van der Waals surface area contributed by atoms with E-state index in [9.17, 15) is 0 Å². The average Bonchev–Trinajstić information content (AvgIpc) is 2.87. The lowest BCUT2D eigenvalue weighted by molar-refractivity contribution is -0.594. The standard InChI is InChI=1S/C17H13N2/c1-4-11-19(12-5-1)16-10-6-8-14-13-7-2-3-9-15(13)18-17(14)16/h1-12,18H/q+1. The van der Waals surface area contributed by atoms with Crippen molar-refractivity contribution >= 4 is 21.8 Å².